The Kier molecular flexibility index (Phi) is 6.65. The maximum atomic E-state index is 12.5. The number of imide groups is 1. The van der Waals surface area contributed by atoms with Crippen LogP contribution in [0.5, 0.6) is 5.75 Å². The molecule has 0 unspecified atom stereocenters. The van der Waals surface area contributed by atoms with Crippen molar-refractivity contribution in [3.63, 3.8) is 0 Å². The highest BCUT2D eigenvalue weighted by Gasteiger charge is 2.30. The van der Waals surface area contributed by atoms with Crippen LogP contribution in [0.15, 0.2) is 30.5 Å². The topological polar surface area (TPSA) is 118 Å². The molecule has 0 radical (unpaired) electrons. The van der Waals surface area contributed by atoms with Crippen molar-refractivity contribution in [2.24, 2.45) is 0 Å². The first-order valence-corrected chi connectivity index (χ1v) is 12.1. The average Bonchev–Trinajstić information content (AvgIpc) is 2.71. The third kappa shape index (κ3) is 5.81. The Labute approximate surface area is 193 Å². The molecule has 1 aromatic heterocycles. The van der Waals surface area contributed by atoms with Crippen molar-refractivity contribution in [3.8, 4) is 17.6 Å². The van der Waals surface area contributed by atoms with Gasteiger partial charge >= 0.3 is 6.03 Å². The fraction of sp³-hybridized carbons (Fsp3) is 0.348. The van der Waals surface area contributed by atoms with Crippen LogP contribution in [0.1, 0.15) is 43.9 Å². The number of methoxy groups -OCH3 is 1. The molecule has 0 spiro atoms. The Hall–Kier alpha value is -3.58. The molecule has 3 amide bonds. The van der Waals surface area contributed by atoms with E-state index in [1.807, 2.05) is 20.8 Å². The number of ether oxygens (including phenoxy) is 1. The van der Waals surface area contributed by atoms with Crippen LogP contribution in [0, 0.1) is 11.8 Å². The fourth-order valence-electron chi connectivity index (χ4n) is 3.31. The van der Waals surface area contributed by atoms with Gasteiger partial charge in [0.05, 0.1) is 24.6 Å². The minimum Gasteiger partial charge on any atom is -0.495 e. The quantitative estimate of drug-likeness (QED) is 0.664. The summed E-state index contributed by atoms with van der Waals surface area (Å²) in [6.45, 7) is 6.31. The van der Waals surface area contributed by atoms with Crippen molar-refractivity contribution in [2.75, 3.05) is 29.5 Å². The summed E-state index contributed by atoms with van der Waals surface area (Å²) in [5, 5.41) is 2.69. The van der Waals surface area contributed by atoms with Gasteiger partial charge in [-0.15, -0.1) is 0 Å². The van der Waals surface area contributed by atoms with Gasteiger partial charge in [0.25, 0.3) is 0 Å². The molecule has 9 nitrogen and oxygen atoms in total. The van der Waals surface area contributed by atoms with Crippen molar-refractivity contribution in [1.82, 2.24) is 10.3 Å². The normalized spacial score (nSPS) is 14.3. The molecule has 2 N–H and O–H groups in total. The third-order valence-corrected chi connectivity index (χ3v) is 5.39. The number of nitrogens with zero attached hydrogens (tertiary/aromatic N) is 2. The number of hydrogen-bond donors (Lipinski definition) is 2. The predicted molar refractivity (Wildman–Crippen MR) is 126 cm³/mol. The van der Waals surface area contributed by atoms with Crippen molar-refractivity contribution in [1.29, 1.82) is 0 Å². The van der Waals surface area contributed by atoms with Gasteiger partial charge in [-0.25, -0.2) is 23.1 Å². The molecule has 0 aliphatic carbocycles. The van der Waals surface area contributed by atoms with E-state index < -0.39 is 16.1 Å². The Morgan fingerprint density at radius 1 is 1.18 bits per heavy atom. The summed E-state index contributed by atoms with van der Waals surface area (Å²) < 4.78 is 30.6. The maximum Gasteiger partial charge on any atom is 0.328 e. The number of rotatable bonds is 4. The van der Waals surface area contributed by atoms with Gasteiger partial charge in [-0.1, -0.05) is 32.6 Å². The van der Waals surface area contributed by atoms with Gasteiger partial charge in [0, 0.05) is 30.3 Å². The number of benzene rings is 1. The largest absolute Gasteiger partial charge is 0.495 e. The number of amides is 3. The third-order valence-electron chi connectivity index (χ3n) is 4.81. The van der Waals surface area contributed by atoms with E-state index in [2.05, 4.69) is 26.9 Å². The number of hydrogen-bond acceptors (Lipinski definition) is 6. The number of urea groups is 1. The molecule has 3 rings (SSSR count). The number of carbonyl (C=O) groups is 2. The van der Waals surface area contributed by atoms with Crippen LogP contribution < -0.4 is 19.7 Å². The van der Waals surface area contributed by atoms with Gasteiger partial charge in [-0.3, -0.25) is 9.52 Å². The summed E-state index contributed by atoms with van der Waals surface area (Å²) >= 11 is 0. The van der Waals surface area contributed by atoms with E-state index in [0.29, 0.717) is 29.1 Å². The average molecular weight is 471 g/mol. The van der Waals surface area contributed by atoms with Crippen molar-refractivity contribution < 1.29 is 22.7 Å². The van der Waals surface area contributed by atoms with Crippen LogP contribution in [0.4, 0.5) is 16.3 Å². The number of aromatic nitrogens is 1. The minimum absolute atomic E-state index is 0.187. The van der Waals surface area contributed by atoms with Crippen LogP contribution in [0.3, 0.4) is 0 Å². The van der Waals surface area contributed by atoms with Gasteiger partial charge in [0.15, 0.2) is 0 Å². The van der Waals surface area contributed by atoms with Gasteiger partial charge in [0.2, 0.25) is 15.9 Å². The molecule has 0 bridgehead atoms. The lowest BCUT2D eigenvalue weighted by molar-refractivity contribution is -0.118. The molecule has 1 saturated heterocycles. The zero-order valence-electron chi connectivity index (χ0n) is 19.1. The second-order valence-electron chi connectivity index (χ2n) is 8.59. The SMILES string of the molecule is COc1c(C#Cc2ccc(NS(C)(=O)=O)nc2)cc(N2C(=O)CCNC2=O)cc1C(C)(C)C. The van der Waals surface area contributed by atoms with Gasteiger partial charge in [0.1, 0.15) is 11.6 Å². The zero-order chi connectivity index (χ0) is 24.4. The standard InChI is InChI=1S/C23H26N4O5S/c1-23(2,3)18-13-17(27-20(28)10-11-24-22(27)29)12-16(21(18)32-4)8-6-15-7-9-19(25-14-15)26-33(5,30)31/h7,9,12-14H,10-11H2,1-5H3,(H,24,29)(H,25,26). The molecule has 1 aliphatic heterocycles. The molecule has 0 saturated carbocycles. The summed E-state index contributed by atoms with van der Waals surface area (Å²) in [4.78, 5) is 30.1. The molecular formula is C23H26N4O5S. The first-order chi connectivity index (χ1) is 15.4. The Balaban J connectivity index is 2.08. The van der Waals surface area contributed by atoms with Crippen LogP contribution in [-0.4, -0.2) is 45.3 Å². The van der Waals surface area contributed by atoms with Gasteiger partial charge < -0.3 is 10.1 Å². The van der Waals surface area contributed by atoms with Crippen LogP contribution in [0.25, 0.3) is 0 Å². The molecule has 2 aromatic rings. The van der Waals surface area contributed by atoms with E-state index in [4.69, 9.17) is 4.74 Å². The fourth-order valence-corrected chi connectivity index (χ4v) is 3.81. The number of nitrogens with one attached hydrogen (secondary N) is 2. The second kappa shape index (κ2) is 9.11. The zero-order valence-corrected chi connectivity index (χ0v) is 20.0. The van der Waals surface area contributed by atoms with Crippen LogP contribution >= 0.6 is 0 Å². The maximum absolute atomic E-state index is 12.5. The Bertz CT molecular complexity index is 1240. The highest BCUT2D eigenvalue weighted by molar-refractivity contribution is 7.92. The van der Waals surface area contributed by atoms with E-state index in [1.165, 1.54) is 12.3 Å². The summed E-state index contributed by atoms with van der Waals surface area (Å²) in [6, 6.07) is 6.09. The number of carbonyl (C=O) groups excluding carboxylic acids is 2. The van der Waals surface area contributed by atoms with E-state index in [-0.39, 0.29) is 23.6 Å². The van der Waals surface area contributed by atoms with E-state index in [0.717, 1.165) is 16.7 Å². The number of pyridine rings is 1. The summed E-state index contributed by atoms with van der Waals surface area (Å²) in [7, 11) is -1.88. The lowest BCUT2D eigenvalue weighted by Crippen LogP contribution is -2.50. The van der Waals surface area contributed by atoms with Crippen molar-refractivity contribution in [2.45, 2.75) is 32.6 Å². The first kappa shape index (κ1) is 24.1. The number of anilines is 2. The molecule has 0 atom stereocenters. The van der Waals surface area contributed by atoms with Crippen molar-refractivity contribution in [3.05, 3.63) is 47.2 Å². The van der Waals surface area contributed by atoms with Gasteiger partial charge in [-0.05, 0) is 29.7 Å². The highest BCUT2D eigenvalue weighted by atomic mass is 32.2. The Morgan fingerprint density at radius 2 is 1.91 bits per heavy atom. The molecule has 2 heterocycles. The second-order valence-corrected chi connectivity index (χ2v) is 10.3. The van der Waals surface area contributed by atoms with E-state index >= 15 is 0 Å². The summed E-state index contributed by atoms with van der Waals surface area (Å²) in [6.07, 6.45) is 2.70. The van der Waals surface area contributed by atoms with Crippen molar-refractivity contribution >= 4 is 33.5 Å². The van der Waals surface area contributed by atoms with E-state index in [9.17, 15) is 18.0 Å². The van der Waals surface area contributed by atoms with E-state index in [1.54, 1.807) is 25.3 Å². The molecule has 33 heavy (non-hydrogen) atoms. The lowest BCUT2D eigenvalue weighted by atomic mass is 9.84. The monoisotopic (exact) mass is 470 g/mol. The van der Waals surface area contributed by atoms with Gasteiger partial charge in [-0.2, -0.15) is 0 Å². The Morgan fingerprint density at radius 3 is 2.45 bits per heavy atom. The van der Waals surface area contributed by atoms with Crippen LogP contribution in [0.2, 0.25) is 0 Å². The molecule has 1 aliphatic rings. The van der Waals surface area contributed by atoms with Crippen LogP contribution in [-0.2, 0) is 20.2 Å². The number of sulfonamides is 1. The molecule has 10 heteroatoms. The summed E-state index contributed by atoms with van der Waals surface area (Å²) in [5.74, 6) is 6.47. The molecule has 174 valence electrons. The predicted octanol–water partition coefficient (Wildman–Crippen LogP) is 2.61. The minimum atomic E-state index is -3.43. The highest BCUT2D eigenvalue weighted by Crippen LogP contribution is 2.38. The summed E-state index contributed by atoms with van der Waals surface area (Å²) in [5.41, 5.74) is 1.91. The molecule has 1 aromatic carbocycles. The first-order valence-electron chi connectivity index (χ1n) is 10.2. The smallest absolute Gasteiger partial charge is 0.328 e. The lowest BCUT2D eigenvalue weighted by Gasteiger charge is -2.29. The molecule has 1 fully saturated rings. The molecular weight excluding hydrogens is 444 g/mol.